The predicted octanol–water partition coefficient (Wildman–Crippen LogP) is 2.93. The molecule has 1 aromatic carbocycles. The molecule has 8 heteroatoms. The van der Waals surface area contributed by atoms with Gasteiger partial charge in [0.05, 0.1) is 10.6 Å². The van der Waals surface area contributed by atoms with E-state index in [1.165, 1.54) is 6.07 Å². The third-order valence-electron chi connectivity index (χ3n) is 2.80. The molecule has 0 spiro atoms. The maximum atomic E-state index is 13.3. The number of benzene rings is 1. The lowest BCUT2D eigenvalue weighted by Crippen LogP contribution is -2.13. The van der Waals surface area contributed by atoms with Gasteiger partial charge in [0.25, 0.3) is 10.0 Å². The third-order valence-corrected chi connectivity index (χ3v) is 4.38. The van der Waals surface area contributed by atoms with E-state index in [4.69, 9.17) is 11.6 Å². The van der Waals surface area contributed by atoms with Gasteiger partial charge >= 0.3 is 0 Å². The van der Waals surface area contributed by atoms with Gasteiger partial charge in [-0.15, -0.1) is 0 Å². The number of aromatic nitrogens is 2. The molecule has 0 saturated carbocycles. The predicted molar refractivity (Wildman–Crippen MR) is 77.4 cm³/mol. The molecule has 0 aliphatic carbocycles. The van der Waals surface area contributed by atoms with Crippen LogP contribution in [0.5, 0.6) is 0 Å². The number of halogens is 2. The first-order valence-electron chi connectivity index (χ1n) is 5.86. The van der Waals surface area contributed by atoms with Crippen molar-refractivity contribution in [3.05, 3.63) is 59.8 Å². The van der Waals surface area contributed by atoms with Crippen LogP contribution in [-0.4, -0.2) is 17.8 Å². The molecule has 0 unspecified atom stereocenters. The Morgan fingerprint density at radius 3 is 2.76 bits per heavy atom. The number of nitrogens with zero attached hydrogens (tertiary/aromatic N) is 2. The minimum Gasteiger partial charge on any atom is -0.307 e. The summed E-state index contributed by atoms with van der Waals surface area (Å²) in [6.07, 6.45) is 5.00. The topological polar surface area (TPSA) is 63.5 Å². The van der Waals surface area contributed by atoms with Crippen LogP contribution in [0.3, 0.4) is 0 Å². The fourth-order valence-electron chi connectivity index (χ4n) is 1.87. The second-order valence-electron chi connectivity index (χ2n) is 4.32. The van der Waals surface area contributed by atoms with Crippen LogP contribution in [0.1, 0.15) is 0 Å². The number of pyridine rings is 1. The second kappa shape index (κ2) is 5.01. The molecule has 0 amide bonds. The monoisotopic (exact) mass is 325 g/mol. The van der Waals surface area contributed by atoms with Crippen molar-refractivity contribution in [2.75, 3.05) is 4.72 Å². The standard InChI is InChI=1S/C13H9ClFN3O2S/c14-9-5-10(15)7-12(6-9)21(19,20)17-11-1-3-18-4-2-16-13(18)8-11/h1-8,17H. The lowest BCUT2D eigenvalue weighted by molar-refractivity contribution is 0.595. The van der Waals surface area contributed by atoms with E-state index >= 15 is 0 Å². The number of hydrogen-bond acceptors (Lipinski definition) is 3. The molecular formula is C13H9ClFN3O2S. The molecule has 108 valence electrons. The Labute approximate surface area is 125 Å². The fourth-order valence-corrected chi connectivity index (χ4v) is 3.26. The van der Waals surface area contributed by atoms with Crippen LogP contribution in [0, 0.1) is 5.82 Å². The molecule has 21 heavy (non-hydrogen) atoms. The smallest absolute Gasteiger partial charge is 0.262 e. The Kier molecular flexibility index (Phi) is 3.30. The Bertz CT molecular complexity index is 904. The zero-order valence-electron chi connectivity index (χ0n) is 10.5. The highest BCUT2D eigenvalue weighted by molar-refractivity contribution is 7.92. The first kappa shape index (κ1) is 13.8. The van der Waals surface area contributed by atoms with Crippen LogP contribution in [0.25, 0.3) is 5.65 Å². The number of hydrogen-bond donors (Lipinski definition) is 1. The normalized spacial score (nSPS) is 11.7. The van der Waals surface area contributed by atoms with Crippen LogP contribution in [0.2, 0.25) is 5.02 Å². The molecule has 0 bridgehead atoms. The van der Waals surface area contributed by atoms with Crippen molar-refractivity contribution >= 4 is 33.0 Å². The summed E-state index contributed by atoms with van der Waals surface area (Å²) in [5, 5.41) is 0.0130. The van der Waals surface area contributed by atoms with Gasteiger partial charge in [0.1, 0.15) is 11.5 Å². The molecule has 5 nitrogen and oxygen atoms in total. The quantitative estimate of drug-likeness (QED) is 0.805. The highest BCUT2D eigenvalue weighted by Gasteiger charge is 2.16. The van der Waals surface area contributed by atoms with E-state index in [0.717, 1.165) is 12.1 Å². The van der Waals surface area contributed by atoms with E-state index < -0.39 is 15.8 Å². The molecule has 0 aliphatic heterocycles. The lowest BCUT2D eigenvalue weighted by atomic mass is 10.3. The Morgan fingerprint density at radius 2 is 2.00 bits per heavy atom. The van der Waals surface area contributed by atoms with Crippen molar-refractivity contribution in [3.63, 3.8) is 0 Å². The van der Waals surface area contributed by atoms with E-state index in [0.29, 0.717) is 11.3 Å². The average Bonchev–Trinajstić information content (AvgIpc) is 2.84. The molecule has 0 atom stereocenters. The van der Waals surface area contributed by atoms with Crippen LogP contribution in [-0.2, 0) is 10.0 Å². The Balaban J connectivity index is 1.98. The zero-order chi connectivity index (χ0) is 15.0. The molecular weight excluding hydrogens is 317 g/mol. The summed E-state index contributed by atoms with van der Waals surface area (Å²) >= 11 is 5.68. The minimum atomic E-state index is -3.92. The molecule has 3 aromatic rings. The van der Waals surface area contributed by atoms with Crippen LogP contribution >= 0.6 is 11.6 Å². The van der Waals surface area contributed by atoms with Gasteiger partial charge in [-0.05, 0) is 24.3 Å². The molecule has 0 saturated heterocycles. The van der Waals surface area contributed by atoms with E-state index in [1.54, 1.807) is 35.1 Å². The number of anilines is 1. The van der Waals surface area contributed by atoms with Crippen LogP contribution in [0.15, 0.2) is 53.8 Å². The fraction of sp³-hybridized carbons (Fsp3) is 0. The third kappa shape index (κ3) is 2.84. The molecule has 1 N–H and O–H groups in total. The largest absolute Gasteiger partial charge is 0.307 e. The number of rotatable bonds is 3. The average molecular weight is 326 g/mol. The Morgan fingerprint density at radius 1 is 1.19 bits per heavy atom. The molecule has 3 rings (SSSR count). The summed E-state index contributed by atoms with van der Waals surface area (Å²) in [6.45, 7) is 0. The van der Waals surface area contributed by atoms with E-state index in [1.807, 2.05) is 0 Å². The van der Waals surface area contributed by atoms with E-state index in [9.17, 15) is 12.8 Å². The number of fused-ring (bicyclic) bond motifs is 1. The first-order chi connectivity index (χ1) is 9.94. The second-order valence-corrected chi connectivity index (χ2v) is 6.44. The van der Waals surface area contributed by atoms with Gasteiger partial charge < -0.3 is 4.40 Å². The van der Waals surface area contributed by atoms with Crippen LogP contribution in [0.4, 0.5) is 10.1 Å². The summed E-state index contributed by atoms with van der Waals surface area (Å²) in [5.74, 6) is -0.716. The number of sulfonamides is 1. The van der Waals surface area contributed by atoms with E-state index in [-0.39, 0.29) is 9.92 Å². The Hall–Kier alpha value is -2.12. The van der Waals surface area contributed by atoms with Crippen molar-refractivity contribution in [3.8, 4) is 0 Å². The zero-order valence-corrected chi connectivity index (χ0v) is 12.1. The minimum absolute atomic E-state index is 0.0130. The van der Waals surface area contributed by atoms with E-state index in [2.05, 4.69) is 9.71 Å². The van der Waals surface area contributed by atoms with Gasteiger partial charge in [0.2, 0.25) is 0 Å². The highest BCUT2D eigenvalue weighted by Crippen LogP contribution is 2.21. The van der Waals surface area contributed by atoms with Gasteiger partial charge in [-0.25, -0.2) is 17.8 Å². The summed E-state index contributed by atoms with van der Waals surface area (Å²) in [7, 11) is -3.92. The summed E-state index contributed by atoms with van der Waals surface area (Å²) in [5.41, 5.74) is 0.918. The molecule has 0 fully saturated rings. The SMILES string of the molecule is O=S(=O)(Nc1ccn2ccnc2c1)c1cc(F)cc(Cl)c1. The van der Waals surface area contributed by atoms with Crippen molar-refractivity contribution in [1.29, 1.82) is 0 Å². The molecule has 2 heterocycles. The number of nitrogens with one attached hydrogen (secondary N) is 1. The molecule has 2 aromatic heterocycles. The van der Waals surface area contributed by atoms with Crippen LogP contribution < -0.4 is 4.72 Å². The summed E-state index contributed by atoms with van der Waals surface area (Å²) in [4.78, 5) is 3.82. The molecule has 0 radical (unpaired) electrons. The van der Waals surface area contributed by atoms with Crippen molar-refractivity contribution in [1.82, 2.24) is 9.38 Å². The van der Waals surface area contributed by atoms with Gasteiger partial charge in [-0.2, -0.15) is 0 Å². The highest BCUT2D eigenvalue weighted by atomic mass is 35.5. The first-order valence-corrected chi connectivity index (χ1v) is 7.72. The van der Waals surface area contributed by atoms with Crippen molar-refractivity contribution in [2.24, 2.45) is 0 Å². The van der Waals surface area contributed by atoms with Crippen molar-refractivity contribution in [2.45, 2.75) is 4.90 Å². The summed E-state index contributed by atoms with van der Waals surface area (Å²) < 4.78 is 41.8. The van der Waals surface area contributed by atoms with Crippen molar-refractivity contribution < 1.29 is 12.8 Å². The molecule has 0 aliphatic rings. The van der Waals surface area contributed by atoms with Gasteiger partial charge in [0, 0.05) is 29.7 Å². The van der Waals surface area contributed by atoms with Gasteiger partial charge in [0.15, 0.2) is 0 Å². The van der Waals surface area contributed by atoms with Gasteiger partial charge in [-0.3, -0.25) is 4.72 Å². The maximum absolute atomic E-state index is 13.3. The summed E-state index contributed by atoms with van der Waals surface area (Å²) in [6, 6.07) is 6.27. The lowest BCUT2D eigenvalue weighted by Gasteiger charge is -2.09. The van der Waals surface area contributed by atoms with Gasteiger partial charge in [-0.1, -0.05) is 11.6 Å². The number of imidazole rings is 1. The maximum Gasteiger partial charge on any atom is 0.262 e.